The fourth-order valence-electron chi connectivity index (χ4n) is 2.19. The molecule has 3 rings (SSSR count). The minimum absolute atomic E-state index is 0.153. The third-order valence-corrected chi connectivity index (χ3v) is 4.28. The van der Waals surface area contributed by atoms with Crippen molar-refractivity contribution in [2.24, 2.45) is 0 Å². The van der Waals surface area contributed by atoms with Gasteiger partial charge >= 0.3 is 0 Å². The Kier molecular flexibility index (Phi) is 3.28. The van der Waals surface area contributed by atoms with Crippen LogP contribution in [0.15, 0.2) is 36.7 Å². The molecule has 3 aromatic rings. The zero-order valence-electron chi connectivity index (χ0n) is 11.4. The van der Waals surface area contributed by atoms with Crippen molar-refractivity contribution < 1.29 is 0 Å². The van der Waals surface area contributed by atoms with E-state index in [0.29, 0.717) is 5.69 Å². The Morgan fingerprint density at radius 3 is 2.85 bits per heavy atom. The molecule has 3 N–H and O–H groups in total. The summed E-state index contributed by atoms with van der Waals surface area (Å²) in [5.41, 5.74) is 8.53. The fraction of sp³-hybridized carbons (Fsp3) is 0.200. The summed E-state index contributed by atoms with van der Waals surface area (Å²) in [7, 11) is 0. The second-order valence-electron chi connectivity index (χ2n) is 4.78. The Labute approximate surface area is 121 Å². The number of benzene rings is 1. The lowest BCUT2D eigenvalue weighted by Gasteiger charge is -2.15. The van der Waals surface area contributed by atoms with Gasteiger partial charge < -0.3 is 11.1 Å². The molecule has 0 fully saturated rings. The number of nitrogens with zero attached hydrogens (tertiary/aromatic N) is 2. The Morgan fingerprint density at radius 2 is 2.10 bits per heavy atom. The molecule has 1 unspecified atom stereocenters. The van der Waals surface area contributed by atoms with E-state index in [1.807, 2.05) is 30.5 Å². The topological polar surface area (TPSA) is 63.8 Å². The molecule has 2 heterocycles. The van der Waals surface area contributed by atoms with E-state index in [4.69, 9.17) is 5.73 Å². The molecule has 0 amide bonds. The highest BCUT2D eigenvalue weighted by molar-refractivity contribution is 7.11. The molecular weight excluding hydrogens is 268 g/mol. The maximum absolute atomic E-state index is 5.97. The lowest BCUT2D eigenvalue weighted by atomic mass is 10.1. The van der Waals surface area contributed by atoms with Gasteiger partial charge in [0.15, 0.2) is 0 Å². The van der Waals surface area contributed by atoms with Crippen molar-refractivity contribution in [3.63, 3.8) is 0 Å². The fourth-order valence-corrected chi connectivity index (χ4v) is 2.97. The first kappa shape index (κ1) is 12.9. The normalized spacial score (nSPS) is 12.5. The maximum Gasteiger partial charge on any atom is 0.115 e. The second kappa shape index (κ2) is 5.09. The van der Waals surface area contributed by atoms with Crippen LogP contribution in [0.2, 0.25) is 0 Å². The minimum Gasteiger partial charge on any atom is -0.397 e. The van der Waals surface area contributed by atoms with Crippen molar-refractivity contribution in [3.05, 3.63) is 46.5 Å². The van der Waals surface area contributed by atoms with Gasteiger partial charge in [0.05, 0.1) is 17.2 Å². The molecule has 2 aromatic heterocycles. The van der Waals surface area contributed by atoms with Crippen LogP contribution in [0.3, 0.4) is 0 Å². The van der Waals surface area contributed by atoms with Crippen molar-refractivity contribution in [2.75, 3.05) is 11.1 Å². The van der Waals surface area contributed by atoms with E-state index in [0.717, 1.165) is 21.6 Å². The van der Waals surface area contributed by atoms with Crippen molar-refractivity contribution in [1.82, 2.24) is 9.97 Å². The molecule has 4 nitrogen and oxygen atoms in total. The molecule has 0 bridgehead atoms. The number of aryl methyl sites for hydroxylation is 1. The van der Waals surface area contributed by atoms with Crippen LogP contribution in [0, 0.1) is 6.92 Å². The first-order valence-electron chi connectivity index (χ1n) is 6.47. The number of nitrogens with one attached hydrogen (secondary N) is 1. The van der Waals surface area contributed by atoms with Gasteiger partial charge in [-0.05, 0) is 26.0 Å². The monoisotopic (exact) mass is 284 g/mol. The van der Waals surface area contributed by atoms with E-state index in [-0.39, 0.29) is 6.04 Å². The Hall–Kier alpha value is -2.14. The number of anilines is 2. The number of para-hydroxylation sites is 1. The van der Waals surface area contributed by atoms with Gasteiger partial charge in [0.1, 0.15) is 5.01 Å². The van der Waals surface area contributed by atoms with Gasteiger partial charge in [-0.3, -0.25) is 4.98 Å². The molecule has 0 aliphatic carbocycles. The maximum atomic E-state index is 5.97. The molecule has 1 atom stereocenters. The van der Waals surface area contributed by atoms with Gasteiger partial charge in [-0.2, -0.15) is 0 Å². The number of pyridine rings is 1. The molecule has 0 saturated carbocycles. The summed E-state index contributed by atoms with van der Waals surface area (Å²) in [6.45, 7) is 4.17. The summed E-state index contributed by atoms with van der Waals surface area (Å²) >= 11 is 1.71. The molecule has 1 aromatic carbocycles. The predicted molar refractivity (Wildman–Crippen MR) is 85.0 cm³/mol. The number of hydrogen-bond donors (Lipinski definition) is 2. The first-order chi connectivity index (χ1) is 9.65. The molecule has 0 saturated heterocycles. The molecule has 0 aliphatic rings. The number of fused-ring (bicyclic) bond motifs is 1. The van der Waals surface area contributed by atoms with Crippen LogP contribution >= 0.6 is 11.3 Å². The number of aromatic nitrogens is 2. The van der Waals surface area contributed by atoms with Crippen LogP contribution in [0.5, 0.6) is 0 Å². The summed E-state index contributed by atoms with van der Waals surface area (Å²) in [4.78, 5) is 9.99. The van der Waals surface area contributed by atoms with E-state index in [2.05, 4.69) is 29.1 Å². The third-order valence-electron chi connectivity index (χ3n) is 3.18. The third kappa shape index (κ3) is 2.32. The summed E-state index contributed by atoms with van der Waals surface area (Å²) in [5.74, 6) is 0. The quantitative estimate of drug-likeness (QED) is 0.719. The van der Waals surface area contributed by atoms with Gasteiger partial charge in [0.25, 0.3) is 0 Å². The number of nitrogens with two attached hydrogens (primary N) is 1. The Morgan fingerprint density at radius 1 is 1.25 bits per heavy atom. The predicted octanol–water partition coefficient (Wildman–Crippen LogP) is 3.76. The van der Waals surface area contributed by atoms with E-state index in [9.17, 15) is 0 Å². The van der Waals surface area contributed by atoms with Crippen LogP contribution < -0.4 is 11.1 Å². The van der Waals surface area contributed by atoms with E-state index in [1.165, 1.54) is 4.88 Å². The first-order valence-corrected chi connectivity index (χ1v) is 7.29. The van der Waals surface area contributed by atoms with E-state index < -0.39 is 0 Å². The summed E-state index contributed by atoms with van der Waals surface area (Å²) in [6, 6.07) is 7.97. The molecule has 0 aliphatic heterocycles. The molecule has 5 heteroatoms. The molecular formula is C15H16N4S. The smallest absolute Gasteiger partial charge is 0.115 e. The van der Waals surface area contributed by atoms with Crippen LogP contribution in [-0.2, 0) is 0 Å². The molecule has 20 heavy (non-hydrogen) atoms. The second-order valence-corrected chi connectivity index (χ2v) is 6.04. The largest absolute Gasteiger partial charge is 0.397 e. The van der Waals surface area contributed by atoms with Gasteiger partial charge in [-0.15, -0.1) is 11.3 Å². The SMILES string of the molecule is Cc1cnc(C(C)Nc2ccnc3c(N)cccc23)s1. The summed E-state index contributed by atoms with van der Waals surface area (Å²) in [6.07, 6.45) is 3.68. The van der Waals surface area contributed by atoms with Crippen LogP contribution in [-0.4, -0.2) is 9.97 Å². The number of hydrogen-bond acceptors (Lipinski definition) is 5. The Balaban J connectivity index is 1.97. The lowest BCUT2D eigenvalue weighted by Crippen LogP contribution is -2.07. The molecule has 0 spiro atoms. The van der Waals surface area contributed by atoms with Crippen molar-refractivity contribution in [1.29, 1.82) is 0 Å². The number of thiazole rings is 1. The van der Waals surface area contributed by atoms with Crippen molar-refractivity contribution >= 4 is 33.6 Å². The summed E-state index contributed by atoms with van der Waals surface area (Å²) < 4.78 is 0. The van der Waals surface area contributed by atoms with E-state index >= 15 is 0 Å². The minimum atomic E-state index is 0.153. The van der Waals surface area contributed by atoms with Gasteiger partial charge in [0.2, 0.25) is 0 Å². The van der Waals surface area contributed by atoms with Crippen molar-refractivity contribution in [3.8, 4) is 0 Å². The highest BCUT2D eigenvalue weighted by Gasteiger charge is 2.11. The van der Waals surface area contributed by atoms with Gasteiger partial charge in [0, 0.05) is 28.3 Å². The zero-order chi connectivity index (χ0) is 14.1. The van der Waals surface area contributed by atoms with E-state index in [1.54, 1.807) is 17.5 Å². The van der Waals surface area contributed by atoms with Crippen LogP contribution in [0.1, 0.15) is 22.9 Å². The standard InChI is InChI=1S/C15H16N4S/c1-9-8-18-15(20-9)10(2)19-13-6-7-17-14-11(13)4-3-5-12(14)16/h3-8,10H,16H2,1-2H3,(H,17,19). The van der Waals surface area contributed by atoms with Crippen LogP contribution in [0.4, 0.5) is 11.4 Å². The van der Waals surface area contributed by atoms with Crippen LogP contribution in [0.25, 0.3) is 10.9 Å². The van der Waals surface area contributed by atoms with Gasteiger partial charge in [-0.1, -0.05) is 12.1 Å². The zero-order valence-corrected chi connectivity index (χ0v) is 12.2. The molecule has 102 valence electrons. The number of rotatable bonds is 3. The van der Waals surface area contributed by atoms with Gasteiger partial charge in [-0.25, -0.2) is 4.98 Å². The van der Waals surface area contributed by atoms with Crippen molar-refractivity contribution in [2.45, 2.75) is 19.9 Å². The highest BCUT2D eigenvalue weighted by atomic mass is 32.1. The Bertz CT molecular complexity index is 750. The number of nitrogen functional groups attached to an aromatic ring is 1. The highest BCUT2D eigenvalue weighted by Crippen LogP contribution is 2.29. The lowest BCUT2D eigenvalue weighted by molar-refractivity contribution is 0.871. The average Bonchev–Trinajstić information content (AvgIpc) is 2.87. The average molecular weight is 284 g/mol. The summed E-state index contributed by atoms with van der Waals surface area (Å²) in [5, 5.41) is 5.61. The molecule has 0 radical (unpaired) electrons.